The predicted molar refractivity (Wildman–Crippen MR) is 122 cm³/mol. The minimum absolute atomic E-state index is 0.232. The third-order valence-corrected chi connectivity index (χ3v) is 6.97. The van der Waals surface area contributed by atoms with Gasteiger partial charge in [0.25, 0.3) is 11.5 Å². The summed E-state index contributed by atoms with van der Waals surface area (Å²) in [5.74, 6) is 0.292. The van der Waals surface area contributed by atoms with Crippen LogP contribution in [0.2, 0.25) is 0 Å². The lowest BCUT2D eigenvalue weighted by molar-refractivity contribution is 0.0946. The Morgan fingerprint density at radius 2 is 2.13 bits per heavy atom. The van der Waals surface area contributed by atoms with Crippen molar-refractivity contribution in [2.24, 2.45) is 5.92 Å². The molecule has 1 saturated heterocycles. The molecule has 0 bridgehead atoms. The number of hydrogen-bond acceptors (Lipinski definition) is 7. The highest BCUT2D eigenvalue weighted by atomic mass is 32.2. The van der Waals surface area contributed by atoms with Gasteiger partial charge in [0.15, 0.2) is 0 Å². The van der Waals surface area contributed by atoms with E-state index in [1.54, 1.807) is 11.8 Å². The monoisotopic (exact) mass is 443 g/mol. The highest BCUT2D eigenvalue weighted by molar-refractivity contribution is 7.98. The molecule has 1 amide bonds. The first-order chi connectivity index (χ1) is 14.5. The molecular weight excluding hydrogens is 418 g/mol. The molecule has 0 saturated carbocycles. The number of benzene rings is 1. The van der Waals surface area contributed by atoms with Crippen LogP contribution in [-0.2, 0) is 6.42 Å². The first kappa shape index (κ1) is 20.9. The SMILES string of the molecule is CSc1ccc(CCNC(=O)c2cc(=O)nc3sc(N4CCCC(C)C4)nn23)cc1. The average Bonchev–Trinajstić information content (AvgIpc) is 3.17. The number of carbonyl (C=O) groups is 1. The molecule has 0 aliphatic carbocycles. The number of fused-ring (bicyclic) bond motifs is 1. The maximum Gasteiger partial charge on any atom is 0.274 e. The topological polar surface area (TPSA) is 79.6 Å². The minimum atomic E-state index is -0.421. The quantitative estimate of drug-likeness (QED) is 0.590. The zero-order valence-corrected chi connectivity index (χ0v) is 18.8. The first-order valence-electron chi connectivity index (χ1n) is 10.1. The fourth-order valence-corrected chi connectivity index (χ4v) is 5.01. The van der Waals surface area contributed by atoms with Gasteiger partial charge < -0.3 is 10.2 Å². The molecule has 1 atom stereocenters. The summed E-state index contributed by atoms with van der Waals surface area (Å²) in [7, 11) is 0. The Kier molecular flexibility index (Phi) is 6.38. The predicted octanol–water partition coefficient (Wildman–Crippen LogP) is 3.08. The Morgan fingerprint density at radius 1 is 1.33 bits per heavy atom. The van der Waals surface area contributed by atoms with Crippen LogP contribution in [0, 0.1) is 5.92 Å². The number of nitrogens with zero attached hydrogens (tertiary/aromatic N) is 4. The van der Waals surface area contributed by atoms with Gasteiger partial charge in [0.2, 0.25) is 10.1 Å². The van der Waals surface area contributed by atoms with Crippen LogP contribution in [0.5, 0.6) is 0 Å². The lowest BCUT2D eigenvalue weighted by atomic mass is 10.0. The van der Waals surface area contributed by atoms with Crippen molar-refractivity contribution in [1.29, 1.82) is 0 Å². The number of rotatable bonds is 6. The summed E-state index contributed by atoms with van der Waals surface area (Å²) < 4.78 is 1.50. The molecule has 1 aliphatic heterocycles. The number of thioether (sulfide) groups is 1. The van der Waals surface area contributed by atoms with E-state index in [4.69, 9.17) is 0 Å². The van der Waals surface area contributed by atoms with E-state index >= 15 is 0 Å². The largest absolute Gasteiger partial charge is 0.350 e. The van der Waals surface area contributed by atoms with Gasteiger partial charge in [-0.2, -0.15) is 9.50 Å². The van der Waals surface area contributed by atoms with Gasteiger partial charge in [0, 0.05) is 30.6 Å². The zero-order valence-electron chi connectivity index (χ0n) is 17.1. The summed E-state index contributed by atoms with van der Waals surface area (Å²) >= 11 is 3.06. The van der Waals surface area contributed by atoms with Gasteiger partial charge in [-0.05, 0) is 49.1 Å². The molecule has 1 fully saturated rings. The van der Waals surface area contributed by atoms with Crippen LogP contribution in [0.25, 0.3) is 4.96 Å². The minimum Gasteiger partial charge on any atom is -0.350 e. The molecule has 0 radical (unpaired) electrons. The van der Waals surface area contributed by atoms with Crippen LogP contribution in [0.15, 0.2) is 40.0 Å². The van der Waals surface area contributed by atoms with Gasteiger partial charge in [-0.3, -0.25) is 9.59 Å². The Hall–Kier alpha value is -2.39. The van der Waals surface area contributed by atoms with Crippen molar-refractivity contribution in [3.8, 4) is 0 Å². The number of piperidine rings is 1. The second-order valence-electron chi connectivity index (χ2n) is 7.61. The lowest BCUT2D eigenvalue weighted by Gasteiger charge is -2.30. The zero-order chi connectivity index (χ0) is 21.1. The molecule has 158 valence electrons. The first-order valence-corrected chi connectivity index (χ1v) is 12.1. The van der Waals surface area contributed by atoms with Gasteiger partial charge in [-0.25, -0.2) is 0 Å². The van der Waals surface area contributed by atoms with Gasteiger partial charge in [0.05, 0.1) is 0 Å². The van der Waals surface area contributed by atoms with E-state index in [1.165, 1.54) is 33.2 Å². The van der Waals surface area contributed by atoms with E-state index in [9.17, 15) is 9.59 Å². The summed E-state index contributed by atoms with van der Waals surface area (Å²) in [6.07, 6.45) is 5.10. The van der Waals surface area contributed by atoms with Crippen LogP contribution < -0.4 is 15.8 Å². The van der Waals surface area contributed by atoms with Crippen LogP contribution >= 0.6 is 23.1 Å². The van der Waals surface area contributed by atoms with Crippen LogP contribution in [-0.4, -0.2) is 46.4 Å². The van der Waals surface area contributed by atoms with Gasteiger partial charge in [0.1, 0.15) is 5.69 Å². The van der Waals surface area contributed by atoms with E-state index in [2.05, 4.69) is 51.5 Å². The number of amides is 1. The summed E-state index contributed by atoms with van der Waals surface area (Å²) in [6, 6.07) is 9.55. The van der Waals surface area contributed by atoms with E-state index < -0.39 is 5.56 Å². The highest BCUT2D eigenvalue weighted by Crippen LogP contribution is 2.27. The number of anilines is 1. The van der Waals surface area contributed by atoms with E-state index in [-0.39, 0.29) is 11.6 Å². The standard InChI is InChI=1S/C21H25N5O2S2/c1-14-4-3-11-25(13-14)21-24-26-17(12-18(27)23-20(26)30-21)19(28)22-10-9-15-5-7-16(29-2)8-6-15/h5-8,12,14H,3-4,9-11,13H2,1-2H3,(H,22,28). The fourth-order valence-electron chi connectivity index (χ4n) is 3.66. The number of nitrogens with one attached hydrogen (secondary N) is 1. The fraction of sp³-hybridized carbons (Fsp3) is 0.429. The Balaban J connectivity index is 1.49. The molecule has 2 aromatic heterocycles. The van der Waals surface area contributed by atoms with E-state index in [0.717, 1.165) is 36.6 Å². The van der Waals surface area contributed by atoms with Crippen LogP contribution in [0.1, 0.15) is 35.8 Å². The molecule has 4 rings (SSSR count). The molecule has 9 heteroatoms. The van der Waals surface area contributed by atoms with E-state index in [1.807, 2.05) is 6.26 Å². The summed E-state index contributed by atoms with van der Waals surface area (Å²) in [5.41, 5.74) is 0.964. The molecular formula is C21H25N5O2S2. The van der Waals surface area contributed by atoms with Crippen LogP contribution in [0.4, 0.5) is 5.13 Å². The van der Waals surface area contributed by atoms with Crippen molar-refractivity contribution in [2.45, 2.75) is 31.1 Å². The van der Waals surface area contributed by atoms with E-state index in [0.29, 0.717) is 17.4 Å². The lowest BCUT2D eigenvalue weighted by Crippen LogP contribution is -2.34. The molecule has 1 aliphatic rings. The molecule has 3 heterocycles. The molecule has 1 aromatic carbocycles. The normalized spacial score (nSPS) is 16.7. The molecule has 7 nitrogen and oxygen atoms in total. The molecule has 3 aromatic rings. The van der Waals surface area contributed by atoms with Crippen molar-refractivity contribution in [3.05, 3.63) is 51.9 Å². The maximum absolute atomic E-state index is 12.8. The second kappa shape index (κ2) is 9.18. The van der Waals surface area contributed by atoms with Crippen molar-refractivity contribution in [3.63, 3.8) is 0 Å². The van der Waals surface area contributed by atoms with Gasteiger partial charge in [-0.15, -0.1) is 16.9 Å². The van der Waals surface area contributed by atoms with Crippen molar-refractivity contribution in [2.75, 3.05) is 30.8 Å². The molecule has 1 N–H and O–H groups in total. The smallest absolute Gasteiger partial charge is 0.274 e. The Morgan fingerprint density at radius 3 is 2.87 bits per heavy atom. The molecule has 0 spiro atoms. The molecule has 30 heavy (non-hydrogen) atoms. The third kappa shape index (κ3) is 4.67. The molecule has 1 unspecified atom stereocenters. The number of hydrogen-bond donors (Lipinski definition) is 1. The van der Waals surface area contributed by atoms with Gasteiger partial charge in [-0.1, -0.05) is 30.4 Å². The summed E-state index contributed by atoms with van der Waals surface area (Å²) in [6.45, 7) is 4.58. The van der Waals surface area contributed by atoms with Crippen molar-refractivity contribution >= 4 is 39.1 Å². The van der Waals surface area contributed by atoms with Crippen molar-refractivity contribution in [1.82, 2.24) is 19.9 Å². The van der Waals surface area contributed by atoms with Crippen molar-refractivity contribution < 1.29 is 4.79 Å². The highest BCUT2D eigenvalue weighted by Gasteiger charge is 2.22. The Bertz CT molecular complexity index is 1090. The number of carbonyl (C=O) groups excluding carboxylic acids is 1. The summed E-state index contributed by atoms with van der Waals surface area (Å²) in [5, 5.41) is 8.33. The maximum atomic E-state index is 12.8. The van der Waals surface area contributed by atoms with Crippen LogP contribution in [0.3, 0.4) is 0 Å². The second-order valence-corrected chi connectivity index (χ2v) is 9.42. The Labute approximate surface area is 183 Å². The average molecular weight is 444 g/mol. The third-order valence-electron chi connectivity index (χ3n) is 5.26. The van der Waals surface area contributed by atoms with Gasteiger partial charge >= 0.3 is 0 Å². The summed E-state index contributed by atoms with van der Waals surface area (Å²) in [4.78, 5) is 32.8. The number of aromatic nitrogens is 3.